The van der Waals surface area contributed by atoms with Crippen LogP contribution in [0.15, 0.2) is 91.3 Å². The summed E-state index contributed by atoms with van der Waals surface area (Å²) in [7, 11) is -1.46. The van der Waals surface area contributed by atoms with E-state index >= 15 is 0 Å². The van der Waals surface area contributed by atoms with Crippen LogP contribution in [0.4, 0.5) is 0 Å². The van der Waals surface area contributed by atoms with Crippen molar-refractivity contribution in [2.75, 3.05) is 0 Å². The van der Waals surface area contributed by atoms with Crippen LogP contribution in [0.2, 0.25) is 19.6 Å². The van der Waals surface area contributed by atoms with Crippen molar-refractivity contribution in [2.24, 2.45) is 0 Å². The maximum Gasteiger partial charge on any atom is 0.0300 e. The largest absolute Gasteiger partial charge is 0.304 e. The molecule has 0 N–H and O–H groups in total. The Kier molecular flexibility index (Phi) is 9.53. The predicted octanol–water partition coefficient (Wildman–Crippen LogP) is 9.44. The summed E-state index contributed by atoms with van der Waals surface area (Å²) in [5, 5.41) is 4.29. The first-order valence-electron chi connectivity index (χ1n) is 13.4. The average Bonchev–Trinajstić information content (AvgIpc) is 3.33. The molecule has 205 valence electrons. The van der Waals surface area contributed by atoms with Gasteiger partial charge >= 0.3 is 0 Å². The number of hydrogen-bond acceptors (Lipinski definition) is 3. The summed E-state index contributed by atoms with van der Waals surface area (Å²) in [5.41, 5.74) is 6.64. The Morgan fingerprint density at radius 2 is 1.52 bits per heavy atom. The van der Waals surface area contributed by atoms with Crippen molar-refractivity contribution in [3.05, 3.63) is 115 Å². The zero-order chi connectivity index (χ0) is 27.6. The molecule has 3 heterocycles. The second-order valence-electron chi connectivity index (χ2n) is 11.3. The van der Waals surface area contributed by atoms with E-state index in [4.69, 9.17) is 0 Å². The fourth-order valence-electron chi connectivity index (χ4n) is 4.63. The van der Waals surface area contributed by atoms with E-state index in [1.807, 2.05) is 48.0 Å². The Morgan fingerprint density at radius 1 is 0.800 bits per heavy atom. The topological polar surface area (TPSA) is 25.8 Å². The molecule has 3 aromatic carbocycles. The molecule has 40 heavy (non-hydrogen) atoms. The monoisotopic (exact) mass is 735 g/mol. The predicted molar refractivity (Wildman–Crippen MR) is 172 cm³/mol. The van der Waals surface area contributed by atoms with Gasteiger partial charge in [-0.15, -0.1) is 58.8 Å². The molecule has 0 aliphatic carbocycles. The SMILES string of the molecule is CC(C)c1ccc(-c2[c-]cccc2)nc1.Cc1ccc(-c2[c-]cc([Si](C)(C)C)c3c2sc2ccccc23)nc1.[Ir]. The number of nitrogens with zero attached hydrogens (tertiary/aromatic N) is 2. The summed E-state index contributed by atoms with van der Waals surface area (Å²) in [6.45, 7) is 13.6. The van der Waals surface area contributed by atoms with Crippen LogP contribution in [-0.2, 0) is 20.1 Å². The number of pyridine rings is 2. The van der Waals surface area contributed by atoms with Crippen LogP contribution in [0.5, 0.6) is 0 Å². The first-order chi connectivity index (χ1) is 18.7. The second kappa shape index (κ2) is 12.7. The van der Waals surface area contributed by atoms with Gasteiger partial charge in [0.25, 0.3) is 0 Å². The molecule has 0 spiro atoms. The molecule has 0 unspecified atom stereocenters. The van der Waals surface area contributed by atoms with Crippen molar-refractivity contribution in [1.29, 1.82) is 0 Å². The number of aryl methyl sites for hydroxylation is 1. The number of rotatable bonds is 4. The maximum absolute atomic E-state index is 4.65. The molecule has 6 rings (SSSR count). The van der Waals surface area contributed by atoms with Crippen LogP contribution in [0.3, 0.4) is 0 Å². The molecule has 0 amide bonds. The van der Waals surface area contributed by atoms with Gasteiger partial charge in [0.2, 0.25) is 0 Å². The van der Waals surface area contributed by atoms with Gasteiger partial charge in [0.15, 0.2) is 0 Å². The van der Waals surface area contributed by atoms with Crippen LogP contribution in [-0.4, -0.2) is 18.0 Å². The summed E-state index contributed by atoms with van der Waals surface area (Å²) in [4.78, 5) is 9.09. The Balaban J connectivity index is 0.000000200. The van der Waals surface area contributed by atoms with E-state index < -0.39 is 8.07 Å². The van der Waals surface area contributed by atoms with Gasteiger partial charge in [-0.25, -0.2) is 0 Å². The van der Waals surface area contributed by atoms with Crippen molar-refractivity contribution in [3.63, 3.8) is 0 Å². The summed E-state index contributed by atoms with van der Waals surface area (Å²) in [5.74, 6) is 0.534. The van der Waals surface area contributed by atoms with Gasteiger partial charge in [-0.05, 0) is 51.5 Å². The molecule has 0 atom stereocenters. The third-order valence-electron chi connectivity index (χ3n) is 6.87. The second-order valence-corrected chi connectivity index (χ2v) is 17.3. The Labute approximate surface area is 256 Å². The van der Waals surface area contributed by atoms with Crippen LogP contribution in [0.25, 0.3) is 42.7 Å². The Morgan fingerprint density at radius 3 is 2.15 bits per heavy atom. The number of aromatic nitrogens is 2. The zero-order valence-electron chi connectivity index (χ0n) is 23.9. The minimum atomic E-state index is -1.46. The smallest absolute Gasteiger partial charge is 0.0300 e. The first kappa shape index (κ1) is 30.0. The van der Waals surface area contributed by atoms with E-state index in [-0.39, 0.29) is 20.1 Å². The number of benzene rings is 3. The molecular formula is C35H34IrN2SSi-2. The van der Waals surface area contributed by atoms with E-state index in [1.54, 1.807) is 0 Å². The minimum Gasteiger partial charge on any atom is -0.304 e. The van der Waals surface area contributed by atoms with E-state index in [1.165, 1.54) is 36.5 Å². The fourth-order valence-corrected chi connectivity index (χ4v) is 7.47. The average molecular weight is 735 g/mol. The molecule has 0 saturated carbocycles. The molecule has 0 bridgehead atoms. The molecule has 3 aromatic heterocycles. The van der Waals surface area contributed by atoms with Crippen LogP contribution in [0.1, 0.15) is 30.9 Å². The van der Waals surface area contributed by atoms with Crippen molar-refractivity contribution < 1.29 is 20.1 Å². The fraction of sp³-hybridized carbons (Fsp3) is 0.200. The van der Waals surface area contributed by atoms with E-state index in [0.717, 1.165) is 22.5 Å². The molecular weight excluding hydrogens is 701 g/mol. The van der Waals surface area contributed by atoms with Gasteiger partial charge in [0, 0.05) is 45.3 Å². The summed E-state index contributed by atoms with van der Waals surface area (Å²) in [6.07, 6.45) is 3.88. The molecule has 6 aromatic rings. The standard InChI is InChI=1S/C21H20NSSi.C14H14N.Ir/c1-14-9-11-17(22-13-14)15-10-12-19(24(2,3)4)20-16-7-5-6-8-18(16)23-21(15)20;1-11(2)13-8-9-14(15-10-13)12-6-4-3-5-7-12;/h5-9,11-13H,1-4H3;3-6,8-11H,1-2H3;/q2*-1;. The van der Waals surface area contributed by atoms with Crippen LogP contribution < -0.4 is 5.19 Å². The first-order valence-corrected chi connectivity index (χ1v) is 17.8. The molecule has 0 aliphatic heterocycles. The molecule has 0 fully saturated rings. The normalized spacial score (nSPS) is 11.3. The van der Waals surface area contributed by atoms with Gasteiger partial charge in [-0.1, -0.05) is 81.3 Å². The minimum absolute atomic E-state index is 0. The van der Waals surface area contributed by atoms with E-state index in [0.29, 0.717) is 5.92 Å². The third-order valence-corrected chi connectivity index (χ3v) is 10.1. The van der Waals surface area contributed by atoms with Gasteiger partial charge in [0.1, 0.15) is 0 Å². The summed E-state index contributed by atoms with van der Waals surface area (Å²) < 4.78 is 2.67. The van der Waals surface area contributed by atoms with Gasteiger partial charge in [-0.2, -0.15) is 11.3 Å². The maximum atomic E-state index is 4.65. The van der Waals surface area contributed by atoms with Crippen molar-refractivity contribution in [3.8, 4) is 22.5 Å². The number of thiophene rings is 1. The van der Waals surface area contributed by atoms with E-state index in [2.05, 4.69) is 117 Å². The van der Waals surface area contributed by atoms with Crippen LogP contribution >= 0.6 is 11.3 Å². The zero-order valence-corrected chi connectivity index (χ0v) is 28.1. The quantitative estimate of drug-likeness (QED) is 0.133. The molecule has 5 heteroatoms. The van der Waals surface area contributed by atoms with Crippen LogP contribution in [0, 0.1) is 19.1 Å². The molecule has 0 saturated heterocycles. The van der Waals surface area contributed by atoms with Crippen molar-refractivity contribution in [1.82, 2.24) is 9.97 Å². The van der Waals surface area contributed by atoms with Gasteiger partial charge in [0.05, 0.1) is 0 Å². The molecule has 2 nitrogen and oxygen atoms in total. The van der Waals surface area contributed by atoms with Crippen molar-refractivity contribution in [2.45, 2.75) is 46.3 Å². The Hall–Kier alpha value is -2.95. The van der Waals surface area contributed by atoms with Crippen molar-refractivity contribution >= 4 is 44.8 Å². The number of hydrogen-bond donors (Lipinski definition) is 0. The third kappa shape index (κ3) is 6.50. The van der Waals surface area contributed by atoms with Gasteiger partial charge < -0.3 is 9.97 Å². The summed E-state index contributed by atoms with van der Waals surface area (Å²) >= 11 is 1.87. The number of fused-ring (bicyclic) bond motifs is 3. The van der Waals surface area contributed by atoms with E-state index in [9.17, 15) is 0 Å². The molecule has 0 aliphatic rings. The van der Waals surface area contributed by atoms with Gasteiger partial charge in [-0.3, -0.25) is 0 Å². The Bertz CT molecular complexity index is 1700. The summed E-state index contributed by atoms with van der Waals surface area (Å²) in [6, 6.07) is 34.0. The molecule has 1 radical (unpaired) electrons.